The molecule has 2 aromatic heterocycles. The fraction of sp³-hybridized carbons (Fsp3) is 0.625. The van der Waals surface area contributed by atoms with E-state index in [4.69, 9.17) is 9.47 Å². The van der Waals surface area contributed by atoms with Gasteiger partial charge in [-0.05, 0) is 51.5 Å². The number of esters is 1. The number of carbonyl (C=O) groups is 2. The van der Waals surface area contributed by atoms with E-state index in [1.807, 2.05) is 18.4 Å². The van der Waals surface area contributed by atoms with Crippen molar-refractivity contribution in [2.24, 2.45) is 5.92 Å². The summed E-state index contributed by atoms with van der Waals surface area (Å²) in [7, 11) is 0. The summed E-state index contributed by atoms with van der Waals surface area (Å²) in [6, 6.07) is 1.92. The van der Waals surface area contributed by atoms with Crippen molar-refractivity contribution in [1.82, 2.24) is 14.9 Å². The molecule has 1 unspecified atom stereocenters. The van der Waals surface area contributed by atoms with Crippen molar-refractivity contribution in [3.63, 3.8) is 0 Å². The zero-order valence-electron chi connectivity index (χ0n) is 19.0. The van der Waals surface area contributed by atoms with Gasteiger partial charge in [0.25, 0.3) is 5.91 Å². The largest absolute Gasteiger partial charge is 0.461 e. The summed E-state index contributed by atoms with van der Waals surface area (Å²) in [5, 5.41) is 5.27. The highest BCUT2D eigenvalue weighted by atomic mass is 32.1. The molecule has 0 aromatic carbocycles. The monoisotopic (exact) mass is 459 g/mol. The number of hydrogen-bond acceptors (Lipinski definition) is 6. The second-order valence-corrected chi connectivity index (χ2v) is 9.60. The van der Waals surface area contributed by atoms with Gasteiger partial charge < -0.3 is 19.4 Å². The Morgan fingerprint density at radius 3 is 2.78 bits per heavy atom. The Morgan fingerprint density at radius 2 is 2.06 bits per heavy atom. The summed E-state index contributed by atoms with van der Waals surface area (Å²) in [5.41, 5.74) is 3.22. The van der Waals surface area contributed by atoms with Crippen LogP contribution in [0.5, 0.6) is 0 Å². The van der Waals surface area contributed by atoms with Crippen LogP contribution in [0.15, 0.2) is 11.4 Å². The van der Waals surface area contributed by atoms with Crippen molar-refractivity contribution in [1.29, 1.82) is 0 Å². The number of rotatable bonds is 8. The fourth-order valence-electron chi connectivity index (χ4n) is 4.74. The van der Waals surface area contributed by atoms with Crippen molar-refractivity contribution < 1.29 is 19.1 Å². The van der Waals surface area contributed by atoms with E-state index in [1.54, 1.807) is 6.92 Å². The van der Waals surface area contributed by atoms with Crippen LogP contribution in [0.3, 0.4) is 0 Å². The normalized spacial score (nSPS) is 19.2. The van der Waals surface area contributed by atoms with Crippen molar-refractivity contribution in [3.05, 3.63) is 27.7 Å². The molecule has 1 aliphatic heterocycles. The highest BCUT2D eigenvalue weighted by Crippen LogP contribution is 2.32. The van der Waals surface area contributed by atoms with Crippen molar-refractivity contribution in [2.45, 2.75) is 71.4 Å². The minimum atomic E-state index is -0.402. The van der Waals surface area contributed by atoms with Crippen LogP contribution in [0.1, 0.15) is 77.7 Å². The van der Waals surface area contributed by atoms with Gasteiger partial charge in [-0.1, -0.05) is 19.3 Å². The highest BCUT2D eigenvalue weighted by molar-refractivity contribution is 7.11. The minimum absolute atomic E-state index is 0.0810. The van der Waals surface area contributed by atoms with Crippen LogP contribution in [0.2, 0.25) is 0 Å². The molecule has 1 saturated carbocycles. The molecule has 2 aliphatic rings. The third kappa shape index (κ3) is 5.23. The molecule has 1 aliphatic carbocycles. The minimum Gasteiger partial charge on any atom is -0.461 e. The van der Waals surface area contributed by atoms with Gasteiger partial charge >= 0.3 is 5.97 Å². The average molecular weight is 460 g/mol. The molecule has 3 heterocycles. The second kappa shape index (κ2) is 10.6. The Balaban J connectivity index is 1.60. The smallest absolute Gasteiger partial charge is 0.367 e. The molecule has 0 spiro atoms. The molecule has 1 N–H and O–H groups in total. The summed E-state index contributed by atoms with van der Waals surface area (Å²) >= 11 is 1.28. The first-order valence-corrected chi connectivity index (χ1v) is 12.7. The SMILES string of the molecule is CCOC(=O)c1nc(-c2cc(C(=O)NCC3CCCO3)c(C)n2CC2CCCCC2)cs1. The number of amides is 1. The predicted molar refractivity (Wildman–Crippen MR) is 124 cm³/mol. The number of aromatic nitrogens is 2. The number of hydrogen-bond donors (Lipinski definition) is 1. The lowest BCUT2D eigenvalue weighted by Crippen LogP contribution is -2.32. The second-order valence-electron chi connectivity index (χ2n) is 8.75. The number of thiazole rings is 1. The predicted octanol–water partition coefficient (Wildman–Crippen LogP) is 4.59. The fourth-order valence-corrected chi connectivity index (χ4v) is 5.44. The van der Waals surface area contributed by atoms with E-state index in [0.29, 0.717) is 29.6 Å². The third-order valence-electron chi connectivity index (χ3n) is 6.51. The molecular weight excluding hydrogens is 426 g/mol. The van der Waals surface area contributed by atoms with E-state index in [-0.39, 0.29) is 12.0 Å². The van der Waals surface area contributed by atoms with E-state index < -0.39 is 5.97 Å². The highest BCUT2D eigenvalue weighted by Gasteiger charge is 2.25. The Kier molecular flexibility index (Phi) is 7.63. The molecule has 174 valence electrons. The van der Waals surface area contributed by atoms with Crippen LogP contribution in [0.25, 0.3) is 11.4 Å². The Morgan fingerprint density at radius 1 is 1.25 bits per heavy atom. The maximum Gasteiger partial charge on any atom is 0.367 e. The van der Waals surface area contributed by atoms with Crippen LogP contribution in [-0.4, -0.2) is 47.3 Å². The molecule has 0 bridgehead atoms. The number of ether oxygens (including phenoxy) is 2. The van der Waals surface area contributed by atoms with E-state index in [9.17, 15) is 9.59 Å². The van der Waals surface area contributed by atoms with Gasteiger partial charge in [-0.2, -0.15) is 0 Å². The zero-order chi connectivity index (χ0) is 22.5. The molecule has 1 saturated heterocycles. The summed E-state index contributed by atoms with van der Waals surface area (Å²) in [4.78, 5) is 29.7. The Labute approximate surface area is 193 Å². The van der Waals surface area contributed by atoms with Crippen molar-refractivity contribution in [2.75, 3.05) is 19.8 Å². The molecule has 32 heavy (non-hydrogen) atoms. The van der Waals surface area contributed by atoms with Gasteiger partial charge in [0, 0.05) is 30.8 Å². The number of nitrogens with one attached hydrogen (secondary N) is 1. The van der Waals surface area contributed by atoms with Gasteiger partial charge in [-0.15, -0.1) is 11.3 Å². The molecule has 0 radical (unpaired) electrons. The molecular formula is C24H33N3O4S. The van der Waals surface area contributed by atoms with Crippen LogP contribution < -0.4 is 5.32 Å². The molecule has 4 rings (SSSR count). The van der Waals surface area contributed by atoms with Crippen molar-refractivity contribution >= 4 is 23.2 Å². The van der Waals surface area contributed by atoms with E-state index in [2.05, 4.69) is 14.9 Å². The van der Waals surface area contributed by atoms with Crippen LogP contribution in [-0.2, 0) is 16.0 Å². The standard InChI is InChI=1S/C24H33N3O4S/c1-3-30-24(29)23-26-20(15-32-23)21-12-19(22(28)25-13-18-10-7-11-31-18)16(2)27(21)14-17-8-5-4-6-9-17/h12,15,17-18H,3-11,13-14H2,1-2H3,(H,25,28). The maximum absolute atomic E-state index is 13.0. The molecule has 1 atom stereocenters. The number of carbonyl (C=O) groups excluding carboxylic acids is 2. The maximum atomic E-state index is 13.0. The summed E-state index contributed by atoms with van der Waals surface area (Å²) in [6.45, 7) is 6.28. The van der Waals surface area contributed by atoms with Gasteiger partial charge in [0.1, 0.15) is 0 Å². The number of nitrogens with zero attached hydrogens (tertiary/aromatic N) is 2. The lowest BCUT2D eigenvalue weighted by Gasteiger charge is -2.24. The Hall–Kier alpha value is -2.19. The van der Waals surface area contributed by atoms with Gasteiger partial charge in [0.15, 0.2) is 0 Å². The first-order chi connectivity index (χ1) is 15.6. The molecule has 2 fully saturated rings. The third-order valence-corrected chi connectivity index (χ3v) is 7.33. The Bertz CT molecular complexity index is 939. The molecule has 1 amide bonds. The first kappa shape index (κ1) is 23.0. The molecule has 7 nitrogen and oxygen atoms in total. The van der Waals surface area contributed by atoms with Crippen LogP contribution in [0, 0.1) is 12.8 Å². The van der Waals surface area contributed by atoms with Gasteiger partial charge in [-0.25, -0.2) is 9.78 Å². The summed E-state index contributed by atoms with van der Waals surface area (Å²) < 4.78 is 13.0. The van der Waals surface area contributed by atoms with Crippen LogP contribution in [0.4, 0.5) is 0 Å². The van der Waals surface area contributed by atoms with Gasteiger partial charge in [0.05, 0.1) is 29.7 Å². The van der Waals surface area contributed by atoms with E-state index in [1.165, 1.54) is 43.4 Å². The van der Waals surface area contributed by atoms with Crippen LogP contribution >= 0.6 is 11.3 Å². The molecule has 2 aromatic rings. The topological polar surface area (TPSA) is 82.4 Å². The lowest BCUT2D eigenvalue weighted by atomic mass is 9.89. The lowest BCUT2D eigenvalue weighted by molar-refractivity contribution is 0.0526. The van der Waals surface area contributed by atoms with E-state index in [0.717, 1.165) is 43.1 Å². The zero-order valence-corrected chi connectivity index (χ0v) is 19.8. The average Bonchev–Trinajstić information content (AvgIpc) is 3.55. The van der Waals surface area contributed by atoms with Gasteiger partial charge in [-0.3, -0.25) is 4.79 Å². The van der Waals surface area contributed by atoms with Gasteiger partial charge in [0.2, 0.25) is 5.01 Å². The molecule has 8 heteroatoms. The quantitative estimate of drug-likeness (QED) is 0.584. The summed E-state index contributed by atoms with van der Waals surface area (Å²) in [6.07, 6.45) is 8.40. The summed E-state index contributed by atoms with van der Waals surface area (Å²) in [5.74, 6) is 0.113. The van der Waals surface area contributed by atoms with E-state index >= 15 is 0 Å². The first-order valence-electron chi connectivity index (χ1n) is 11.8. The van der Waals surface area contributed by atoms with Crippen molar-refractivity contribution in [3.8, 4) is 11.4 Å².